The van der Waals surface area contributed by atoms with E-state index in [0.717, 1.165) is 45.0 Å². The second kappa shape index (κ2) is 10.2. The van der Waals surface area contributed by atoms with Gasteiger partial charge in [-0.3, -0.25) is 14.7 Å². The first-order valence-electron chi connectivity index (χ1n) is 12.3. The van der Waals surface area contributed by atoms with Gasteiger partial charge in [-0.15, -0.1) is 0 Å². The Bertz CT molecular complexity index is 1330. The van der Waals surface area contributed by atoms with Crippen molar-refractivity contribution in [3.05, 3.63) is 65.4 Å². The van der Waals surface area contributed by atoms with Crippen molar-refractivity contribution >= 4 is 11.6 Å². The van der Waals surface area contributed by atoms with Crippen molar-refractivity contribution in [3.8, 4) is 11.9 Å². The highest BCUT2D eigenvalue weighted by atomic mass is 19.4. The van der Waals surface area contributed by atoms with Gasteiger partial charge in [-0.05, 0) is 50.5 Å². The number of pyridine rings is 2. The average molecular weight is 526 g/mol. The van der Waals surface area contributed by atoms with Crippen LogP contribution in [0.2, 0.25) is 0 Å². The van der Waals surface area contributed by atoms with Gasteiger partial charge in [0.2, 0.25) is 0 Å². The van der Waals surface area contributed by atoms with Crippen molar-refractivity contribution in [3.63, 3.8) is 0 Å². The Morgan fingerprint density at radius 2 is 1.95 bits per heavy atom. The van der Waals surface area contributed by atoms with Gasteiger partial charge in [0.1, 0.15) is 5.41 Å². The maximum atomic E-state index is 12.9. The highest BCUT2D eigenvalue weighted by Gasteiger charge is 2.40. The number of nitrogens with one attached hydrogen (secondary N) is 1. The molecule has 5 heterocycles. The lowest BCUT2D eigenvalue weighted by Gasteiger charge is -2.39. The van der Waals surface area contributed by atoms with E-state index in [9.17, 15) is 23.2 Å². The largest absolute Gasteiger partial charge is 0.417 e. The molecule has 0 aromatic carbocycles. The van der Waals surface area contributed by atoms with E-state index in [4.69, 9.17) is 4.74 Å². The van der Waals surface area contributed by atoms with Crippen molar-refractivity contribution in [2.24, 2.45) is 0 Å². The lowest BCUT2D eigenvalue weighted by molar-refractivity contribution is -0.137. The van der Waals surface area contributed by atoms with Crippen LogP contribution in [0.15, 0.2) is 42.9 Å². The molecule has 3 aromatic heterocycles. The van der Waals surface area contributed by atoms with Crippen LogP contribution in [-0.2, 0) is 16.3 Å². The molecule has 2 aliphatic heterocycles. The Balaban J connectivity index is 1.25. The number of carbonyl (C=O) groups is 1. The van der Waals surface area contributed by atoms with Gasteiger partial charge in [-0.25, -0.2) is 9.67 Å². The van der Waals surface area contributed by atoms with Crippen LogP contribution in [-0.4, -0.2) is 62.9 Å². The Morgan fingerprint density at radius 1 is 1.16 bits per heavy atom. The third kappa shape index (κ3) is 4.99. The molecule has 0 saturated carbocycles. The molecule has 9 nitrogen and oxygen atoms in total. The maximum absolute atomic E-state index is 12.9. The van der Waals surface area contributed by atoms with Gasteiger partial charge in [0, 0.05) is 31.9 Å². The average Bonchev–Trinajstić information content (AvgIpc) is 3.59. The molecule has 1 unspecified atom stereocenters. The first kappa shape index (κ1) is 25.8. The van der Waals surface area contributed by atoms with Crippen LogP contribution in [0.1, 0.15) is 46.6 Å². The highest BCUT2D eigenvalue weighted by molar-refractivity contribution is 6.04. The fraction of sp³-hybridized carbons (Fsp3) is 0.423. The molecule has 0 spiro atoms. The molecular formula is C26H26F3N7O2. The molecule has 1 N–H and O–H groups in total. The van der Waals surface area contributed by atoms with Gasteiger partial charge in [-0.2, -0.15) is 23.5 Å². The van der Waals surface area contributed by atoms with Crippen molar-refractivity contribution in [1.82, 2.24) is 24.6 Å². The van der Waals surface area contributed by atoms with Crippen LogP contribution in [0.5, 0.6) is 0 Å². The smallest absolute Gasteiger partial charge is 0.380 e. The fourth-order valence-electron chi connectivity index (χ4n) is 5.00. The minimum atomic E-state index is -4.49. The number of aromatic nitrogens is 4. The topological polar surface area (TPSA) is 109 Å². The minimum absolute atomic E-state index is 0.161. The van der Waals surface area contributed by atoms with Crippen LogP contribution in [0.3, 0.4) is 0 Å². The number of rotatable bonds is 5. The molecule has 3 aromatic rings. The summed E-state index contributed by atoms with van der Waals surface area (Å²) in [4.78, 5) is 23.6. The second-order valence-corrected chi connectivity index (χ2v) is 9.59. The van der Waals surface area contributed by atoms with Crippen molar-refractivity contribution in [2.75, 3.05) is 31.6 Å². The Hall–Kier alpha value is -3.82. The van der Waals surface area contributed by atoms with E-state index in [-0.39, 0.29) is 11.4 Å². The third-order valence-electron chi connectivity index (χ3n) is 7.35. The molecule has 0 radical (unpaired) electrons. The number of alkyl halides is 3. The van der Waals surface area contributed by atoms with Crippen LogP contribution in [0.25, 0.3) is 5.82 Å². The number of anilines is 1. The number of likely N-dealkylation sites (tertiary alicyclic amines) is 1. The van der Waals surface area contributed by atoms with Gasteiger partial charge in [0.05, 0.1) is 53.3 Å². The van der Waals surface area contributed by atoms with Gasteiger partial charge in [-0.1, -0.05) is 0 Å². The van der Waals surface area contributed by atoms with Gasteiger partial charge < -0.3 is 10.1 Å². The van der Waals surface area contributed by atoms with Crippen LogP contribution >= 0.6 is 0 Å². The molecule has 12 heteroatoms. The van der Waals surface area contributed by atoms with Crippen molar-refractivity contribution in [2.45, 2.75) is 43.8 Å². The molecule has 0 bridgehead atoms. The van der Waals surface area contributed by atoms with E-state index >= 15 is 0 Å². The highest BCUT2D eigenvalue weighted by Crippen LogP contribution is 2.35. The molecule has 1 amide bonds. The number of hydrogen-bond donors (Lipinski definition) is 1. The van der Waals surface area contributed by atoms with Crippen molar-refractivity contribution in [1.29, 1.82) is 5.26 Å². The van der Waals surface area contributed by atoms with E-state index in [0.29, 0.717) is 36.0 Å². The summed E-state index contributed by atoms with van der Waals surface area (Å²) in [5.74, 6) is -0.286. The number of ether oxygens (including phenoxy) is 1. The lowest BCUT2D eigenvalue weighted by atomic mass is 9.76. The quantitative estimate of drug-likeness (QED) is 0.538. The number of hydrogen-bond acceptors (Lipinski definition) is 7. The summed E-state index contributed by atoms with van der Waals surface area (Å²) in [5.41, 5.74) is 0.247. The van der Waals surface area contributed by atoms with E-state index in [1.807, 2.05) is 0 Å². The number of carbonyl (C=O) groups excluding carboxylic acids is 1. The summed E-state index contributed by atoms with van der Waals surface area (Å²) in [6, 6.07) is 8.50. The van der Waals surface area contributed by atoms with E-state index in [1.54, 1.807) is 19.1 Å². The SMILES string of the molecule is Cc1c(C(=O)Nc2ccc(C3(C#N)CCN(C4CCOC4)CC3)nc2)cnn1-c1ccc(C(F)(F)F)cn1. The molecule has 1 atom stereocenters. The predicted octanol–water partition coefficient (Wildman–Crippen LogP) is 3.89. The van der Waals surface area contributed by atoms with Crippen LogP contribution in [0.4, 0.5) is 18.9 Å². The Kier molecular flexibility index (Phi) is 6.90. The summed E-state index contributed by atoms with van der Waals surface area (Å²) in [5, 5.41) is 16.9. The van der Waals surface area contributed by atoms with Crippen LogP contribution < -0.4 is 5.32 Å². The summed E-state index contributed by atoms with van der Waals surface area (Å²) >= 11 is 0. The van der Waals surface area contributed by atoms with Gasteiger partial charge in [0.25, 0.3) is 5.91 Å². The van der Waals surface area contributed by atoms with Gasteiger partial charge >= 0.3 is 6.18 Å². The van der Waals surface area contributed by atoms with E-state index in [2.05, 4.69) is 31.4 Å². The predicted molar refractivity (Wildman–Crippen MR) is 131 cm³/mol. The van der Waals surface area contributed by atoms with E-state index in [1.165, 1.54) is 23.1 Å². The lowest BCUT2D eigenvalue weighted by Crippen LogP contribution is -2.47. The molecule has 2 aliphatic rings. The number of piperidine rings is 1. The molecule has 0 aliphatic carbocycles. The molecule has 5 rings (SSSR count). The standard InChI is InChI=1S/C26H26F3N7O2/c1-17-21(14-33-36(17)23-5-2-18(12-32-23)26(27,28)29)24(37)34-19-3-4-22(31-13-19)25(16-30)7-9-35(10-8-25)20-6-11-38-15-20/h2-5,12-14,20H,6-11,15H2,1H3,(H,34,37). The first-order valence-corrected chi connectivity index (χ1v) is 12.3. The monoisotopic (exact) mass is 525 g/mol. The summed E-state index contributed by atoms with van der Waals surface area (Å²) in [7, 11) is 0. The third-order valence-corrected chi connectivity index (χ3v) is 7.35. The Labute approximate surface area is 217 Å². The molecule has 2 saturated heterocycles. The maximum Gasteiger partial charge on any atom is 0.417 e. The normalized spacial score (nSPS) is 19.7. The molecule has 198 valence electrons. The number of nitriles is 1. The second-order valence-electron chi connectivity index (χ2n) is 9.59. The molecular weight excluding hydrogens is 499 g/mol. The van der Waals surface area contributed by atoms with Crippen molar-refractivity contribution < 1.29 is 22.7 Å². The zero-order valence-corrected chi connectivity index (χ0v) is 20.7. The van der Waals surface area contributed by atoms with E-state index < -0.39 is 23.1 Å². The minimum Gasteiger partial charge on any atom is -0.380 e. The first-order chi connectivity index (χ1) is 18.2. The number of nitrogens with zero attached hydrogens (tertiary/aromatic N) is 6. The zero-order chi connectivity index (χ0) is 26.9. The summed E-state index contributed by atoms with van der Waals surface area (Å²) in [6.45, 7) is 4.76. The zero-order valence-electron chi connectivity index (χ0n) is 20.7. The molecule has 2 fully saturated rings. The van der Waals surface area contributed by atoms with Crippen LogP contribution in [0, 0.1) is 18.3 Å². The van der Waals surface area contributed by atoms with Gasteiger partial charge in [0.15, 0.2) is 5.82 Å². The summed E-state index contributed by atoms with van der Waals surface area (Å²) in [6.07, 6.45) is 1.47. The Morgan fingerprint density at radius 3 is 2.53 bits per heavy atom. The molecule has 38 heavy (non-hydrogen) atoms. The number of amides is 1. The summed E-state index contributed by atoms with van der Waals surface area (Å²) < 4.78 is 45.3. The fourth-order valence-corrected chi connectivity index (χ4v) is 5.00. The number of halogens is 3.